The molecule has 1 aromatic rings. The molecule has 0 saturated heterocycles. The number of aromatic nitrogens is 3. The molecule has 1 fully saturated rings. The summed E-state index contributed by atoms with van der Waals surface area (Å²) in [5.74, 6) is 1.74. The molecule has 114 valence electrons. The van der Waals surface area contributed by atoms with Gasteiger partial charge in [0.05, 0.1) is 6.54 Å². The van der Waals surface area contributed by atoms with E-state index < -0.39 is 0 Å². The van der Waals surface area contributed by atoms with Crippen molar-refractivity contribution in [3.8, 4) is 0 Å². The third kappa shape index (κ3) is 4.80. The molecule has 1 saturated carbocycles. The van der Waals surface area contributed by atoms with Crippen molar-refractivity contribution in [2.45, 2.75) is 37.1 Å². The van der Waals surface area contributed by atoms with Gasteiger partial charge in [0.15, 0.2) is 5.96 Å². The molecule has 0 spiro atoms. The molecule has 1 heterocycles. The minimum Gasteiger partial charge on any atom is -0.354 e. The van der Waals surface area contributed by atoms with Gasteiger partial charge in [0.1, 0.15) is 12.2 Å². The van der Waals surface area contributed by atoms with Crippen LogP contribution in [0.4, 0.5) is 0 Å². The summed E-state index contributed by atoms with van der Waals surface area (Å²) in [7, 11) is 3.69. The van der Waals surface area contributed by atoms with Gasteiger partial charge in [-0.1, -0.05) is 0 Å². The van der Waals surface area contributed by atoms with Crippen molar-refractivity contribution in [2.75, 3.05) is 13.3 Å². The molecular weight excluding hydrogens is 387 g/mol. The molecule has 1 aliphatic rings. The lowest BCUT2D eigenvalue weighted by Gasteiger charge is -2.17. The van der Waals surface area contributed by atoms with Crippen molar-refractivity contribution in [3.05, 3.63) is 12.2 Å². The van der Waals surface area contributed by atoms with E-state index >= 15 is 0 Å². The molecule has 0 amide bonds. The Hall–Kier alpha value is -0.510. The largest absolute Gasteiger partial charge is 0.354 e. The van der Waals surface area contributed by atoms with E-state index in [1.54, 1.807) is 18.1 Å². The third-order valence-corrected chi connectivity index (χ3v) is 4.60. The number of hydrogen-bond donors (Lipinski definition) is 2. The lowest BCUT2D eigenvalue weighted by atomic mass is 10.2. The van der Waals surface area contributed by atoms with Crippen molar-refractivity contribution in [1.29, 1.82) is 0 Å². The predicted molar refractivity (Wildman–Crippen MR) is 94.7 cm³/mol. The smallest absolute Gasteiger partial charge is 0.191 e. The highest BCUT2D eigenvalue weighted by Crippen LogP contribution is 2.27. The van der Waals surface area contributed by atoms with Crippen LogP contribution in [0.5, 0.6) is 0 Å². The van der Waals surface area contributed by atoms with E-state index in [1.807, 2.05) is 18.8 Å². The third-order valence-electron chi connectivity index (χ3n) is 3.50. The molecule has 0 aliphatic heterocycles. The lowest BCUT2D eigenvalue weighted by Crippen LogP contribution is -2.42. The van der Waals surface area contributed by atoms with Crippen LogP contribution in [0.1, 0.15) is 25.1 Å². The maximum absolute atomic E-state index is 4.26. The SMILES string of the molecule is CN=C(NCc1ncnn1C)NC1CCC(SC)C1.I. The normalized spacial score (nSPS) is 22.4. The van der Waals surface area contributed by atoms with Crippen LogP contribution in [0.25, 0.3) is 0 Å². The maximum Gasteiger partial charge on any atom is 0.191 e. The van der Waals surface area contributed by atoms with E-state index in [0.717, 1.165) is 17.0 Å². The number of hydrogen-bond acceptors (Lipinski definition) is 4. The lowest BCUT2D eigenvalue weighted by molar-refractivity contribution is 0.606. The van der Waals surface area contributed by atoms with Crippen molar-refractivity contribution < 1.29 is 0 Å². The molecular formula is C12H23IN6S. The van der Waals surface area contributed by atoms with E-state index in [2.05, 4.69) is 32.0 Å². The van der Waals surface area contributed by atoms with E-state index in [-0.39, 0.29) is 24.0 Å². The summed E-state index contributed by atoms with van der Waals surface area (Å²) in [6.45, 7) is 0.634. The Bertz CT molecular complexity index is 435. The second kappa shape index (κ2) is 8.71. The second-order valence-electron chi connectivity index (χ2n) is 4.74. The summed E-state index contributed by atoms with van der Waals surface area (Å²) < 4.78 is 1.76. The topological polar surface area (TPSA) is 67.1 Å². The molecule has 6 nitrogen and oxygen atoms in total. The zero-order valence-corrected chi connectivity index (χ0v) is 15.3. The van der Waals surface area contributed by atoms with Crippen LogP contribution in [0.2, 0.25) is 0 Å². The number of guanidine groups is 1. The first-order valence-electron chi connectivity index (χ1n) is 6.55. The number of aryl methyl sites for hydroxylation is 1. The average Bonchev–Trinajstić information content (AvgIpc) is 3.03. The minimum atomic E-state index is 0. The summed E-state index contributed by atoms with van der Waals surface area (Å²) in [6, 6.07) is 0.531. The summed E-state index contributed by atoms with van der Waals surface area (Å²) in [5.41, 5.74) is 0. The first-order chi connectivity index (χ1) is 9.22. The van der Waals surface area contributed by atoms with E-state index in [4.69, 9.17) is 0 Å². The average molecular weight is 410 g/mol. The molecule has 8 heteroatoms. The van der Waals surface area contributed by atoms with Gasteiger partial charge >= 0.3 is 0 Å². The standard InChI is InChI=1S/C12H22N6S.HI/c1-13-12(14-7-11-15-8-16-18(11)2)17-9-4-5-10(6-9)19-3;/h8-10H,4-7H2,1-3H3,(H2,13,14,17);1H. The van der Waals surface area contributed by atoms with Crippen LogP contribution in [0, 0.1) is 0 Å². The van der Waals surface area contributed by atoms with E-state index in [1.165, 1.54) is 19.3 Å². The number of halogens is 1. The van der Waals surface area contributed by atoms with Crippen LogP contribution in [0.15, 0.2) is 11.3 Å². The zero-order chi connectivity index (χ0) is 13.7. The van der Waals surface area contributed by atoms with Crippen LogP contribution >= 0.6 is 35.7 Å². The molecule has 2 N–H and O–H groups in total. The Labute approximate surface area is 141 Å². The number of nitrogens with one attached hydrogen (secondary N) is 2. The Kier molecular flexibility index (Phi) is 7.63. The highest BCUT2D eigenvalue weighted by molar-refractivity contribution is 14.0. The summed E-state index contributed by atoms with van der Waals surface area (Å²) >= 11 is 1.96. The fourth-order valence-corrected chi connectivity index (χ4v) is 3.11. The van der Waals surface area contributed by atoms with Crippen LogP contribution in [0.3, 0.4) is 0 Å². The van der Waals surface area contributed by atoms with Crippen molar-refractivity contribution >= 4 is 41.7 Å². The van der Waals surface area contributed by atoms with Gasteiger partial charge in [-0.25, -0.2) is 4.98 Å². The molecule has 1 aliphatic carbocycles. The fraction of sp³-hybridized carbons (Fsp3) is 0.750. The number of nitrogens with zero attached hydrogens (tertiary/aromatic N) is 4. The fourth-order valence-electron chi connectivity index (χ4n) is 2.32. The summed E-state index contributed by atoms with van der Waals surface area (Å²) in [4.78, 5) is 8.44. The number of thioether (sulfide) groups is 1. The number of rotatable bonds is 4. The molecule has 0 aromatic carbocycles. The van der Waals surface area contributed by atoms with Gasteiger partial charge in [-0.3, -0.25) is 9.67 Å². The van der Waals surface area contributed by atoms with E-state index in [9.17, 15) is 0 Å². The van der Waals surface area contributed by atoms with Gasteiger partial charge in [0.2, 0.25) is 0 Å². The summed E-state index contributed by atoms with van der Waals surface area (Å²) in [6.07, 6.45) is 7.47. The first kappa shape index (κ1) is 17.5. The van der Waals surface area contributed by atoms with Crippen LogP contribution in [-0.2, 0) is 13.6 Å². The van der Waals surface area contributed by atoms with Crippen molar-refractivity contribution in [1.82, 2.24) is 25.4 Å². The van der Waals surface area contributed by atoms with Gasteiger partial charge in [-0.15, -0.1) is 24.0 Å². The van der Waals surface area contributed by atoms with Crippen molar-refractivity contribution in [2.24, 2.45) is 12.0 Å². The molecule has 2 unspecified atom stereocenters. The maximum atomic E-state index is 4.26. The first-order valence-corrected chi connectivity index (χ1v) is 7.84. The number of aliphatic imine (C=N–C) groups is 1. The Morgan fingerprint density at radius 3 is 2.90 bits per heavy atom. The van der Waals surface area contributed by atoms with Gasteiger partial charge in [-0.05, 0) is 25.5 Å². The molecule has 0 bridgehead atoms. The Morgan fingerprint density at radius 1 is 1.55 bits per heavy atom. The molecule has 2 rings (SSSR count). The monoisotopic (exact) mass is 410 g/mol. The van der Waals surface area contributed by atoms with Crippen molar-refractivity contribution in [3.63, 3.8) is 0 Å². The van der Waals surface area contributed by atoms with Gasteiger partial charge in [-0.2, -0.15) is 16.9 Å². The highest BCUT2D eigenvalue weighted by atomic mass is 127. The second-order valence-corrected chi connectivity index (χ2v) is 5.88. The van der Waals surface area contributed by atoms with Gasteiger partial charge in [0, 0.05) is 25.4 Å². The molecule has 0 radical (unpaired) electrons. The Balaban J connectivity index is 0.00000200. The van der Waals surface area contributed by atoms with Gasteiger partial charge in [0.25, 0.3) is 0 Å². The zero-order valence-electron chi connectivity index (χ0n) is 12.2. The molecule has 2 atom stereocenters. The van der Waals surface area contributed by atoms with Crippen LogP contribution in [-0.4, -0.2) is 45.3 Å². The van der Waals surface area contributed by atoms with Crippen LogP contribution < -0.4 is 10.6 Å². The minimum absolute atomic E-state index is 0. The Morgan fingerprint density at radius 2 is 2.35 bits per heavy atom. The van der Waals surface area contributed by atoms with Gasteiger partial charge < -0.3 is 10.6 Å². The van der Waals surface area contributed by atoms with E-state index in [0.29, 0.717) is 12.6 Å². The molecule has 1 aromatic heterocycles. The molecule has 20 heavy (non-hydrogen) atoms. The predicted octanol–water partition coefficient (Wildman–Crippen LogP) is 1.38. The highest BCUT2D eigenvalue weighted by Gasteiger charge is 2.24. The quantitative estimate of drug-likeness (QED) is 0.446. The summed E-state index contributed by atoms with van der Waals surface area (Å²) in [5, 5.41) is 11.6.